The van der Waals surface area contributed by atoms with Crippen LogP contribution in [0, 0.1) is 13.8 Å². The normalized spacial score (nSPS) is 13.4. The Morgan fingerprint density at radius 1 is 0.926 bits per heavy atom. The molecule has 0 saturated heterocycles. The first-order valence-corrected chi connectivity index (χ1v) is 9.52. The highest BCUT2D eigenvalue weighted by Crippen LogP contribution is 2.36. The van der Waals surface area contributed by atoms with Crippen LogP contribution >= 0.6 is 0 Å². The van der Waals surface area contributed by atoms with Gasteiger partial charge in [0, 0.05) is 0 Å². The lowest BCUT2D eigenvalue weighted by Gasteiger charge is -2.04. The number of hydrogen-bond acceptors (Lipinski definition) is 1. The largest absolute Gasteiger partial charge is 0.299 e. The molecule has 0 heterocycles. The van der Waals surface area contributed by atoms with Gasteiger partial charge in [0.25, 0.3) is 0 Å². The highest BCUT2D eigenvalue weighted by molar-refractivity contribution is 5.84. The molecular formula is C26H30O. The van der Waals surface area contributed by atoms with Crippen molar-refractivity contribution < 1.29 is 4.79 Å². The zero-order valence-corrected chi connectivity index (χ0v) is 17.3. The molecule has 0 amide bonds. The van der Waals surface area contributed by atoms with E-state index < -0.39 is 0 Å². The van der Waals surface area contributed by atoms with Gasteiger partial charge in [0.05, 0.1) is 0 Å². The van der Waals surface area contributed by atoms with Crippen LogP contribution in [0.15, 0.2) is 65.8 Å². The molecule has 0 fully saturated rings. The van der Waals surface area contributed by atoms with Gasteiger partial charge in [-0.3, -0.25) is 4.79 Å². The minimum atomic E-state index is 0.516. The Morgan fingerprint density at radius 2 is 1.63 bits per heavy atom. The quantitative estimate of drug-likeness (QED) is 0.303. The second-order valence-corrected chi connectivity index (χ2v) is 7.54. The van der Waals surface area contributed by atoms with Gasteiger partial charge in [0.2, 0.25) is 0 Å². The molecule has 1 nitrogen and oxygen atoms in total. The van der Waals surface area contributed by atoms with E-state index in [0.29, 0.717) is 5.92 Å². The van der Waals surface area contributed by atoms with Crippen molar-refractivity contribution >= 4 is 12.4 Å². The second kappa shape index (κ2) is 9.32. The van der Waals surface area contributed by atoms with Gasteiger partial charge in [-0.25, -0.2) is 0 Å². The molecule has 0 unspecified atom stereocenters. The Labute approximate surface area is 164 Å². The van der Waals surface area contributed by atoms with Crippen LogP contribution in [0.1, 0.15) is 55.9 Å². The van der Waals surface area contributed by atoms with E-state index in [9.17, 15) is 4.79 Å². The zero-order valence-electron chi connectivity index (χ0n) is 17.3. The molecule has 0 bridgehead atoms. The van der Waals surface area contributed by atoms with Gasteiger partial charge in [0.1, 0.15) is 6.29 Å². The van der Waals surface area contributed by atoms with Crippen LogP contribution in [-0.2, 0) is 4.79 Å². The van der Waals surface area contributed by atoms with E-state index in [-0.39, 0.29) is 0 Å². The summed E-state index contributed by atoms with van der Waals surface area (Å²) in [6.45, 7) is 12.9. The summed E-state index contributed by atoms with van der Waals surface area (Å²) < 4.78 is 0. The van der Waals surface area contributed by atoms with Crippen LogP contribution in [0.5, 0.6) is 0 Å². The van der Waals surface area contributed by atoms with Crippen LogP contribution in [0.3, 0.4) is 0 Å². The summed E-state index contributed by atoms with van der Waals surface area (Å²) in [6.07, 6.45) is 12.7. The summed E-state index contributed by atoms with van der Waals surface area (Å²) in [5.74, 6) is 0.516. The SMILES string of the molecule is CC(C=CC=C(C)C=Cc1cc(C)c2cc(C(C)C)ccc(C)c1-2)=CC=O. The van der Waals surface area contributed by atoms with E-state index in [1.165, 1.54) is 33.4 Å². The molecule has 0 spiro atoms. The number of fused-ring (bicyclic) bond motifs is 1. The molecule has 27 heavy (non-hydrogen) atoms. The maximum absolute atomic E-state index is 10.5. The number of aldehydes is 1. The van der Waals surface area contributed by atoms with E-state index in [4.69, 9.17) is 0 Å². The molecular weight excluding hydrogens is 328 g/mol. The highest BCUT2D eigenvalue weighted by atomic mass is 16.1. The summed E-state index contributed by atoms with van der Waals surface area (Å²) in [6, 6.07) is 9.10. The summed E-state index contributed by atoms with van der Waals surface area (Å²) in [5.41, 5.74) is 10.1. The molecule has 2 rings (SSSR count). The minimum absolute atomic E-state index is 0.516. The first-order chi connectivity index (χ1) is 12.8. The number of aryl methyl sites for hydroxylation is 2. The predicted molar refractivity (Wildman–Crippen MR) is 118 cm³/mol. The van der Waals surface area contributed by atoms with E-state index in [0.717, 1.165) is 17.4 Å². The monoisotopic (exact) mass is 358 g/mol. The number of rotatable bonds is 6. The Hall–Kier alpha value is -2.67. The van der Waals surface area contributed by atoms with Crippen LogP contribution in [-0.4, -0.2) is 6.29 Å². The lowest BCUT2D eigenvalue weighted by molar-refractivity contribution is -0.104. The molecule has 0 atom stereocenters. The molecule has 0 N–H and O–H groups in total. The molecule has 140 valence electrons. The fourth-order valence-electron chi connectivity index (χ4n) is 3.16. The first-order valence-electron chi connectivity index (χ1n) is 9.52. The van der Waals surface area contributed by atoms with E-state index in [1.807, 2.05) is 19.1 Å². The number of carbonyl (C=O) groups excluding carboxylic acids is 1. The Bertz CT molecular complexity index is 904. The van der Waals surface area contributed by atoms with Gasteiger partial charge in [-0.15, -0.1) is 0 Å². The maximum atomic E-state index is 10.5. The molecule has 0 aliphatic heterocycles. The number of allylic oxidation sites excluding steroid dienone is 7. The molecule has 0 aromatic heterocycles. The van der Waals surface area contributed by atoms with E-state index in [1.54, 1.807) is 6.08 Å². The third-order valence-electron chi connectivity index (χ3n) is 4.83. The van der Waals surface area contributed by atoms with Crippen molar-refractivity contribution in [3.63, 3.8) is 0 Å². The summed E-state index contributed by atoms with van der Waals surface area (Å²) in [5, 5.41) is 0. The molecule has 1 heteroatoms. The molecule has 2 aliphatic carbocycles. The number of hydrogen-bond donors (Lipinski definition) is 0. The average molecular weight is 359 g/mol. The molecule has 0 saturated carbocycles. The van der Waals surface area contributed by atoms with Gasteiger partial charge in [-0.05, 0) is 78.6 Å². The summed E-state index contributed by atoms with van der Waals surface area (Å²) in [4.78, 5) is 10.5. The second-order valence-electron chi connectivity index (χ2n) is 7.54. The molecule has 0 radical (unpaired) electrons. The van der Waals surface area contributed by atoms with Crippen molar-refractivity contribution in [3.05, 3.63) is 88.0 Å². The fraction of sp³-hybridized carbons (Fsp3) is 0.269. The van der Waals surface area contributed by atoms with Crippen LogP contribution in [0.25, 0.3) is 17.2 Å². The van der Waals surface area contributed by atoms with Gasteiger partial charge in [-0.2, -0.15) is 0 Å². The smallest absolute Gasteiger partial charge is 0.143 e. The van der Waals surface area contributed by atoms with Gasteiger partial charge in [-0.1, -0.05) is 74.1 Å². The van der Waals surface area contributed by atoms with Crippen LogP contribution in [0.4, 0.5) is 0 Å². The van der Waals surface area contributed by atoms with E-state index >= 15 is 0 Å². The maximum Gasteiger partial charge on any atom is 0.143 e. The van der Waals surface area contributed by atoms with Crippen LogP contribution < -0.4 is 0 Å². The highest BCUT2D eigenvalue weighted by Gasteiger charge is 2.14. The van der Waals surface area contributed by atoms with Crippen molar-refractivity contribution in [2.45, 2.75) is 47.5 Å². The minimum Gasteiger partial charge on any atom is -0.299 e. The van der Waals surface area contributed by atoms with Gasteiger partial charge >= 0.3 is 0 Å². The molecule has 2 aliphatic rings. The first kappa shape index (κ1) is 20.6. The predicted octanol–water partition coefficient (Wildman–Crippen LogP) is 7.19. The van der Waals surface area contributed by atoms with E-state index in [2.05, 4.69) is 77.1 Å². The Balaban J connectivity index is 2.34. The Kier molecular flexibility index (Phi) is 7.12. The molecule has 0 aromatic carbocycles. The van der Waals surface area contributed by atoms with Gasteiger partial charge < -0.3 is 0 Å². The zero-order chi connectivity index (χ0) is 20.0. The topological polar surface area (TPSA) is 17.1 Å². The van der Waals surface area contributed by atoms with Crippen molar-refractivity contribution in [1.82, 2.24) is 0 Å². The van der Waals surface area contributed by atoms with Crippen molar-refractivity contribution in [1.29, 1.82) is 0 Å². The molecule has 0 aromatic rings. The third kappa shape index (κ3) is 5.40. The lowest BCUT2D eigenvalue weighted by atomic mass is 10.0. The Morgan fingerprint density at radius 3 is 2.30 bits per heavy atom. The summed E-state index contributed by atoms with van der Waals surface area (Å²) in [7, 11) is 0. The van der Waals surface area contributed by atoms with Crippen LogP contribution in [0.2, 0.25) is 0 Å². The van der Waals surface area contributed by atoms with Crippen molar-refractivity contribution in [2.75, 3.05) is 0 Å². The standard InChI is InChI=1S/C26H30O/c1-18(2)23-13-11-21(5)26-24(16-22(6)25(26)17-23)12-10-19(3)8-7-9-20(4)14-15-27/h7-18H,1-6H3. The van der Waals surface area contributed by atoms with Crippen molar-refractivity contribution in [2.24, 2.45) is 0 Å². The lowest BCUT2D eigenvalue weighted by Crippen LogP contribution is -1.84. The average Bonchev–Trinajstić information content (AvgIpc) is 2.79. The fourth-order valence-corrected chi connectivity index (χ4v) is 3.16. The third-order valence-corrected chi connectivity index (χ3v) is 4.83. The number of carbonyl (C=O) groups is 1. The van der Waals surface area contributed by atoms with Gasteiger partial charge in [0.15, 0.2) is 0 Å². The van der Waals surface area contributed by atoms with Crippen molar-refractivity contribution in [3.8, 4) is 11.1 Å². The summed E-state index contributed by atoms with van der Waals surface area (Å²) >= 11 is 0.